The molecule has 0 unspecified atom stereocenters. The van der Waals surface area contributed by atoms with E-state index in [1.54, 1.807) is 37.3 Å². The lowest BCUT2D eigenvalue weighted by molar-refractivity contribution is -0.139. The van der Waals surface area contributed by atoms with Crippen LogP contribution in [-0.2, 0) is 11.3 Å². The number of anilines is 1. The third-order valence-electron chi connectivity index (χ3n) is 5.37. The van der Waals surface area contributed by atoms with E-state index in [2.05, 4.69) is 5.32 Å². The minimum absolute atomic E-state index is 0.0371. The number of hydrogen-bond donors (Lipinski definition) is 1. The number of rotatable bonds is 6. The maximum atomic E-state index is 13.0. The summed E-state index contributed by atoms with van der Waals surface area (Å²) in [4.78, 5) is 27.5. The highest BCUT2D eigenvalue weighted by molar-refractivity contribution is 6.08. The Balaban J connectivity index is 1.91. The van der Waals surface area contributed by atoms with Gasteiger partial charge in [0, 0.05) is 23.8 Å². The highest BCUT2D eigenvalue weighted by Gasteiger charge is 2.30. The molecule has 1 aliphatic rings. The summed E-state index contributed by atoms with van der Waals surface area (Å²) in [6, 6.07) is 10.7. The summed E-state index contributed by atoms with van der Waals surface area (Å²) in [5, 5.41) is 2.90. The highest BCUT2D eigenvalue weighted by atomic mass is 16.5. The smallest absolute Gasteiger partial charge is 0.263 e. The summed E-state index contributed by atoms with van der Waals surface area (Å²) in [5.74, 6) is 1.11. The van der Waals surface area contributed by atoms with Gasteiger partial charge in [0.2, 0.25) is 0 Å². The molecule has 0 aromatic heterocycles. The maximum absolute atomic E-state index is 13.0. The number of benzene rings is 2. The summed E-state index contributed by atoms with van der Waals surface area (Å²) in [6.45, 7) is 6.26. The van der Waals surface area contributed by atoms with Gasteiger partial charge in [-0.25, -0.2) is 0 Å². The first-order valence-corrected chi connectivity index (χ1v) is 10.0. The van der Waals surface area contributed by atoms with Crippen LogP contribution in [-0.4, -0.2) is 43.1 Å². The number of carbonyl (C=O) groups is 2. The monoisotopic (exact) mass is 412 g/mol. The average Bonchev–Trinajstić information content (AvgIpc) is 2.88. The lowest BCUT2D eigenvalue weighted by Gasteiger charge is -2.28. The van der Waals surface area contributed by atoms with E-state index in [9.17, 15) is 9.59 Å². The molecular weight excluding hydrogens is 384 g/mol. The molecule has 160 valence electrons. The molecule has 1 aliphatic heterocycles. The van der Waals surface area contributed by atoms with E-state index in [1.165, 1.54) is 14.2 Å². The zero-order valence-corrected chi connectivity index (χ0v) is 18.0. The first kappa shape index (κ1) is 21.5. The number of nitrogens with one attached hydrogen (secondary N) is 1. The SMILES string of the molecule is CC[C@@H](C)N1Cc2cc(NC(=O)c3c(OC)cccc3OC)ccc2O[C@H](C)C1=O. The molecule has 1 N–H and O–H groups in total. The second-order valence-corrected chi connectivity index (χ2v) is 7.30. The van der Waals surface area contributed by atoms with Gasteiger partial charge in [-0.2, -0.15) is 0 Å². The van der Waals surface area contributed by atoms with Crippen LogP contribution in [0.2, 0.25) is 0 Å². The second kappa shape index (κ2) is 9.07. The number of amides is 2. The number of nitrogens with zero attached hydrogens (tertiary/aromatic N) is 1. The van der Waals surface area contributed by atoms with E-state index in [0.29, 0.717) is 35.0 Å². The predicted molar refractivity (Wildman–Crippen MR) is 114 cm³/mol. The van der Waals surface area contributed by atoms with E-state index in [1.807, 2.05) is 24.8 Å². The highest BCUT2D eigenvalue weighted by Crippen LogP contribution is 2.32. The molecule has 0 radical (unpaired) electrons. The van der Waals surface area contributed by atoms with Crippen molar-refractivity contribution in [3.63, 3.8) is 0 Å². The van der Waals surface area contributed by atoms with E-state index < -0.39 is 6.10 Å². The first-order chi connectivity index (χ1) is 14.4. The van der Waals surface area contributed by atoms with E-state index in [0.717, 1.165) is 12.0 Å². The zero-order chi connectivity index (χ0) is 21.8. The Hall–Kier alpha value is -3.22. The Morgan fingerprint density at radius 1 is 1.23 bits per heavy atom. The topological polar surface area (TPSA) is 77.1 Å². The quantitative estimate of drug-likeness (QED) is 0.780. The molecule has 0 aliphatic carbocycles. The number of carbonyl (C=O) groups excluding carboxylic acids is 2. The van der Waals surface area contributed by atoms with Gasteiger partial charge in [0.1, 0.15) is 22.8 Å². The summed E-state index contributed by atoms with van der Waals surface area (Å²) in [6.07, 6.45) is 0.288. The molecular formula is C23H28N2O5. The molecule has 7 heteroatoms. The number of fused-ring (bicyclic) bond motifs is 1. The standard InChI is InChI=1S/C23H28N2O5/c1-6-14(2)25-13-16-12-17(10-11-18(16)30-15(3)23(25)27)24-22(26)21-19(28-4)8-7-9-20(21)29-5/h7-12,14-15H,6,13H2,1-5H3,(H,24,26)/t14-,15-/m1/s1. The van der Waals surface area contributed by atoms with Gasteiger partial charge >= 0.3 is 0 Å². The Bertz CT molecular complexity index is 921. The van der Waals surface area contributed by atoms with Crippen molar-refractivity contribution in [2.75, 3.05) is 19.5 Å². The van der Waals surface area contributed by atoms with Gasteiger partial charge in [0.15, 0.2) is 6.10 Å². The Morgan fingerprint density at radius 3 is 2.50 bits per heavy atom. The fourth-order valence-corrected chi connectivity index (χ4v) is 3.49. The molecule has 2 amide bonds. The molecule has 0 spiro atoms. The molecule has 0 bridgehead atoms. The summed E-state index contributed by atoms with van der Waals surface area (Å²) < 4.78 is 16.5. The lowest BCUT2D eigenvalue weighted by Crippen LogP contribution is -2.42. The second-order valence-electron chi connectivity index (χ2n) is 7.30. The van der Waals surface area contributed by atoms with Crippen molar-refractivity contribution >= 4 is 17.5 Å². The molecule has 30 heavy (non-hydrogen) atoms. The van der Waals surface area contributed by atoms with Gasteiger partial charge in [-0.15, -0.1) is 0 Å². The van der Waals surface area contributed by atoms with E-state index >= 15 is 0 Å². The van der Waals surface area contributed by atoms with Crippen LogP contribution >= 0.6 is 0 Å². The first-order valence-electron chi connectivity index (χ1n) is 10.0. The molecule has 2 aromatic carbocycles. The summed E-state index contributed by atoms with van der Waals surface area (Å²) >= 11 is 0. The van der Waals surface area contributed by atoms with Crippen LogP contribution in [0.1, 0.15) is 43.1 Å². The number of hydrogen-bond acceptors (Lipinski definition) is 5. The van der Waals surface area contributed by atoms with Gasteiger partial charge in [-0.1, -0.05) is 13.0 Å². The molecule has 7 nitrogen and oxygen atoms in total. The molecule has 1 heterocycles. The van der Waals surface area contributed by atoms with Gasteiger partial charge < -0.3 is 24.4 Å². The third-order valence-corrected chi connectivity index (χ3v) is 5.37. The summed E-state index contributed by atoms with van der Waals surface area (Å²) in [5.41, 5.74) is 1.76. The molecule has 0 saturated heterocycles. The third kappa shape index (κ3) is 4.20. The Kier molecular flexibility index (Phi) is 6.50. The van der Waals surface area contributed by atoms with Crippen LogP contribution in [0.4, 0.5) is 5.69 Å². The predicted octanol–water partition coefficient (Wildman–Crippen LogP) is 3.86. The van der Waals surface area contributed by atoms with E-state index in [-0.39, 0.29) is 17.9 Å². The van der Waals surface area contributed by atoms with Crippen LogP contribution in [0, 0.1) is 0 Å². The van der Waals surface area contributed by atoms with Gasteiger partial charge in [0.25, 0.3) is 11.8 Å². The lowest BCUT2D eigenvalue weighted by atomic mass is 10.1. The van der Waals surface area contributed by atoms with Crippen molar-refractivity contribution in [1.82, 2.24) is 4.90 Å². The largest absolute Gasteiger partial charge is 0.496 e. The van der Waals surface area contributed by atoms with Crippen LogP contribution < -0.4 is 19.5 Å². The van der Waals surface area contributed by atoms with Crippen LogP contribution in [0.5, 0.6) is 17.2 Å². The van der Waals surface area contributed by atoms with Crippen molar-refractivity contribution in [3.05, 3.63) is 47.5 Å². The fraction of sp³-hybridized carbons (Fsp3) is 0.391. The van der Waals surface area contributed by atoms with Gasteiger partial charge in [-0.3, -0.25) is 9.59 Å². The van der Waals surface area contributed by atoms with Crippen LogP contribution in [0.15, 0.2) is 36.4 Å². The number of ether oxygens (including phenoxy) is 3. The van der Waals surface area contributed by atoms with E-state index in [4.69, 9.17) is 14.2 Å². The normalized spacial score (nSPS) is 16.8. The van der Waals surface area contributed by atoms with Gasteiger partial charge in [-0.05, 0) is 50.6 Å². The van der Waals surface area contributed by atoms with Crippen molar-refractivity contribution in [2.24, 2.45) is 0 Å². The van der Waals surface area contributed by atoms with Crippen LogP contribution in [0.3, 0.4) is 0 Å². The molecule has 2 aromatic rings. The fourth-order valence-electron chi connectivity index (χ4n) is 3.49. The van der Waals surface area contributed by atoms with Crippen molar-refractivity contribution in [3.8, 4) is 17.2 Å². The van der Waals surface area contributed by atoms with Crippen molar-refractivity contribution in [2.45, 2.75) is 45.9 Å². The van der Waals surface area contributed by atoms with Crippen LogP contribution in [0.25, 0.3) is 0 Å². The van der Waals surface area contributed by atoms with Crippen molar-refractivity contribution < 1.29 is 23.8 Å². The molecule has 2 atom stereocenters. The summed E-state index contributed by atoms with van der Waals surface area (Å²) in [7, 11) is 3.01. The molecule has 0 saturated carbocycles. The van der Waals surface area contributed by atoms with Crippen molar-refractivity contribution in [1.29, 1.82) is 0 Å². The molecule has 0 fully saturated rings. The maximum Gasteiger partial charge on any atom is 0.263 e. The minimum atomic E-state index is -0.557. The van der Waals surface area contributed by atoms with Gasteiger partial charge in [0.05, 0.1) is 14.2 Å². The zero-order valence-electron chi connectivity index (χ0n) is 18.0. The minimum Gasteiger partial charge on any atom is -0.496 e. The Labute approximate surface area is 176 Å². The average molecular weight is 412 g/mol. The molecule has 3 rings (SSSR count). The number of methoxy groups -OCH3 is 2. The Morgan fingerprint density at radius 2 is 1.90 bits per heavy atom.